The number of hydrogen-bond donors (Lipinski definition) is 0. The van der Waals surface area contributed by atoms with Crippen molar-refractivity contribution in [1.29, 1.82) is 0 Å². The van der Waals surface area contributed by atoms with Crippen LogP contribution in [-0.4, -0.2) is 21.7 Å². The summed E-state index contributed by atoms with van der Waals surface area (Å²) >= 11 is 0. The molecule has 6 nitrogen and oxygen atoms in total. The van der Waals surface area contributed by atoms with Gasteiger partial charge in [0.25, 0.3) is 0 Å². The van der Waals surface area contributed by atoms with Crippen molar-refractivity contribution < 1.29 is 25.8 Å². The van der Waals surface area contributed by atoms with Crippen LogP contribution in [0.2, 0.25) is 0 Å². The number of pyridine rings is 1. The van der Waals surface area contributed by atoms with Crippen LogP contribution in [0.15, 0.2) is 133 Å². The van der Waals surface area contributed by atoms with Gasteiger partial charge in [-0.3, -0.25) is 4.68 Å². The van der Waals surface area contributed by atoms with Crippen LogP contribution in [0.25, 0.3) is 44.2 Å². The number of nitrogens with zero attached hydrogens (tertiary/aromatic N) is 5. The average Bonchev–Trinajstić information content (AvgIpc) is 3.65. The van der Waals surface area contributed by atoms with E-state index in [1.807, 2.05) is 65.3 Å². The number of para-hydroxylation sites is 3. The molecule has 210 valence electrons. The van der Waals surface area contributed by atoms with Crippen LogP contribution in [0.1, 0.15) is 0 Å². The Balaban J connectivity index is 0.00000289. The first kappa shape index (κ1) is 26.5. The summed E-state index contributed by atoms with van der Waals surface area (Å²) in [5.74, 6) is 1.05. The molecule has 0 aliphatic carbocycles. The van der Waals surface area contributed by atoms with Crippen molar-refractivity contribution >= 4 is 40.5 Å². The van der Waals surface area contributed by atoms with Gasteiger partial charge in [0.05, 0.1) is 5.52 Å². The minimum atomic E-state index is -0.256. The van der Waals surface area contributed by atoms with Gasteiger partial charge in [-0.25, -0.2) is 4.98 Å². The van der Waals surface area contributed by atoms with E-state index in [-0.39, 0.29) is 28.0 Å². The number of aromatic nitrogens is 3. The molecule has 0 amide bonds. The maximum Gasteiger partial charge on any atom is 2.00 e. The molecule has 0 atom stereocenters. The maximum absolute atomic E-state index is 6.36. The Bertz CT molecular complexity index is 2180. The van der Waals surface area contributed by atoms with E-state index in [2.05, 4.69) is 83.7 Å². The number of benzene rings is 5. The number of rotatable bonds is 4. The zero-order valence-corrected chi connectivity index (χ0v) is 25.5. The molecule has 2 aromatic heterocycles. The second kappa shape index (κ2) is 10.5. The minimum absolute atomic E-state index is 0. The summed E-state index contributed by atoms with van der Waals surface area (Å²) in [6, 6.07) is 48.4. The summed E-state index contributed by atoms with van der Waals surface area (Å²) < 4.78 is 8.28. The molecule has 0 radical (unpaired) electrons. The normalized spacial score (nSPS) is 12.5. The molecule has 5 aromatic carbocycles. The zero-order chi connectivity index (χ0) is 28.3. The van der Waals surface area contributed by atoms with Gasteiger partial charge in [-0.1, -0.05) is 84.9 Å². The van der Waals surface area contributed by atoms with Crippen molar-refractivity contribution in [2.45, 2.75) is 0 Å². The minimum Gasteiger partial charge on any atom is -0.681 e. The van der Waals surface area contributed by atoms with Crippen molar-refractivity contribution in [2.75, 3.05) is 4.81 Å². The van der Waals surface area contributed by atoms with Crippen LogP contribution in [0, 0.1) is 6.07 Å². The fourth-order valence-corrected chi connectivity index (χ4v) is 6.18. The van der Waals surface area contributed by atoms with Crippen molar-refractivity contribution in [3.63, 3.8) is 0 Å². The molecule has 0 saturated heterocycles. The maximum atomic E-state index is 6.36. The Morgan fingerprint density at radius 3 is 2.36 bits per heavy atom. The summed E-state index contributed by atoms with van der Waals surface area (Å²) in [4.78, 5) is 7.30. The molecule has 8 heteroatoms. The van der Waals surface area contributed by atoms with Crippen LogP contribution in [0.4, 0.5) is 17.1 Å². The van der Waals surface area contributed by atoms with Crippen LogP contribution < -0.4 is 15.1 Å². The summed E-state index contributed by atoms with van der Waals surface area (Å²) in [5.41, 5.74) is 10.0. The Hall–Kier alpha value is -5.13. The summed E-state index contributed by atoms with van der Waals surface area (Å²) in [6.07, 6.45) is 0. The van der Waals surface area contributed by atoms with E-state index < -0.39 is 0 Å². The molecule has 0 unspecified atom stereocenters. The Labute approximate surface area is 269 Å². The van der Waals surface area contributed by atoms with E-state index in [9.17, 15) is 0 Å². The van der Waals surface area contributed by atoms with Gasteiger partial charge in [0.2, 0.25) is 12.9 Å². The predicted octanol–water partition coefficient (Wildman–Crippen LogP) is 8.21. The molecule has 7 aromatic rings. The molecule has 9 rings (SSSR count). The second-order valence-corrected chi connectivity index (χ2v) is 10.6. The van der Waals surface area contributed by atoms with Gasteiger partial charge in [0.15, 0.2) is 0 Å². The predicted molar refractivity (Wildman–Crippen MR) is 172 cm³/mol. The number of ether oxygens (including phenoxy) is 1. The van der Waals surface area contributed by atoms with Crippen LogP contribution in [0.3, 0.4) is 0 Å². The van der Waals surface area contributed by atoms with E-state index in [1.54, 1.807) is 0 Å². The zero-order valence-electron chi connectivity index (χ0n) is 23.2. The van der Waals surface area contributed by atoms with E-state index in [4.69, 9.17) is 20.0 Å². The summed E-state index contributed by atoms with van der Waals surface area (Å²) in [5, 5.41) is 11.1. The van der Waals surface area contributed by atoms with Gasteiger partial charge >= 0.3 is 21.1 Å². The smallest absolute Gasteiger partial charge is 0.681 e. The van der Waals surface area contributed by atoms with Gasteiger partial charge in [0, 0.05) is 45.3 Å². The summed E-state index contributed by atoms with van der Waals surface area (Å²) in [7, 11) is 0. The van der Waals surface area contributed by atoms with E-state index in [0.29, 0.717) is 11.6 Å². The van der Waals surface area contributed by atoms with Crippen molar-refractivity contribution in [3.8, 4) is 39.7 Å². The molecule has 0 spiro atoms. The Morgan fingerprint density at radius 2 is 1.45 bits per heavy atom. The first-order valence-electron chi connectivity index (χ1n) is 14.2. The third kappa shape index (κ3) is 4.15. The van der Waals surface area contributed by atoms with E-state index in [0.717, 1.165) is 61.6 Å². The van der Waals surface area contributed by atoms with Gasteiger partial charge in [0.1, 0.15) is 5.69 Å². The van der Waals surface area contributed by atoms with Gasteiger partial charge in [-0.05, 0) is 35.5 Å². The van der Waals surface area contributed by atoms with Crippen molar-refractivity contribution in [2.24, 2.45) is 0 Å². The molecule has 2 aliphatic heterocycles. The molecule has 2 aliphatic rings. The molecule has 0 N–H and O–H groups in total. The fourth-order valence-electron chi connectivity index (χ4n) is 6.18. The molecule has 44 heavy (non-hydrogen) atoms. The monoisotopic (exact) mass is 746 g/mol. The first-order valence-corrected chi connectivity index (χ1v) is 14.2. The number of hydrogen-bond acceptors (Lipinski definition) is 4. The first-order chi connectivity index (χ1) is 21.3. The molecule has 4 heterocycles. The van der Waals surface area contributed by atoms with Crippen LogP contribution in [-0.2, 0) is 21.1 Å². The Morgan fingerprint density at radius 1 is 0.682 bits per heavy atom. The fraction of sp³-hybridized carbons (Fsp3) is 0. The average molecular weight is 746 g/mol. The molecule has 0 bridgehead atoms. The van der Waals surface area contributed by atoms with Crippen LogP contribution >= 0.6 is 0 Å². The van der Waals surface area contributed by atoms with Gasteiger partial charge in [-0.15, -0.1) is 23.9 Å². The van der Waals surface area contributed by atoms with Crippen molar-refractivity contribution in [1.82, 2.24) is 14.8 Å². The second-order valence-electron chi connectivity index (χ2n) is 10.6. The Kier molecular flexibility index (Phi) is 6.35. The standard InChI is InChI=1S/C36H22BN5O.Pt/c1-2-11-24(12-3-1)35-29-16-5-8-19-32(29)42(40-35)25-13-10-14-26(23-25)43-34-22-21-28-27-15-4-7-18-31(27)41-33-20-9-6-17-30(33)39-37(41)36(28)38-34;/h1-22H;/q-2;+2. The molecule has 0 fully saturated rings. The van der Waals surface area contributed by atoms with E-state index >= 15 is 0 Å². The van der Waals surface area contributed by atoms with Crippen LogP contribution in [0.5, 0.6) is 11.6 Å². The quantitative estimate of drug-likeness (QED) is 0.135. The number of fused-ring (bicyclic) bond motifs is 9. The number of anilines is 2. The van der Waals surface area contributed by atoms with Gasteiger partial charge < -0.3 is 14.8 Å². The summed E-state index contributed by atoms with van der Waals surface area (Å²) in [6.45, 7) is -0.256. The molecular weight excluding hydrogens is 724 g/mol. The largest absolute Gasteiger partial charge is 2.00 e. The topological polar surface area (TPSA) is 57.3 Å². The molecule has 0 saturated carbocycles. The SMILES string of the molecule is [Pt+2].[c-]1c(Oc2ccc3c(n2)B2[N-]c4ccccc4N2c2ccccc2-3)cccc1-n1nc(-c2ccccc2)c2ccccc21. The van der Waals surface area contributed by atoms with E-state index in [1.165, 1.54) is 0 Å². The third-order valence-electron chi connectivity index (χ3n) is 8.07. The van der Waals surface area contributed by atoms with Gasteiger partial charge in [-0.2, -0.15) is 11.2 Å². The third-order valence-corrected chi connectivity index (χ3v) is 8.07. The van der Waals surface area contributed by atoms with Crippen molar-refractivity contribution in [3.05, 3.63) is 145 Å². The molecular formula is C36H22BN5OPt.